The highest BCUT2D eigenvalue weighted by molar-refractivity contribution is 6.30. The molecule has 2 nitrogen and oxygen atoms in total. The molecular formula is C14H11ClF4N2. The zero-order valence-electron chi connectivity index (χ0n) is 10.6. The van der Waals surface area contributed by atoms with Crippen molar-refractivity contribution >= 4 is 11.6 Å². The van der Waals surface area contributed by atoms with Crippen LogP contribution in [-0.4, -0.2) is 0 Å². The molecule has 21 heavy (non-hydrogen) atoms. The predicted octanol–water partition coefficient (Wildman–Crippen LogP) is 4.05. The Morgan fingerprint density at radius 1 is 1.05 bits per heavy atom. The van der Waals surface area contributed by atoms with Gasteiger partial charge in [-0.15, -0.1) is 0 Å². The van der Waals surface area contributed by atoms with Crippen molar-refractivity contribution in [2.45, 2.75) is 12.2 Å². The summed E-state index contributed by atoms with van der Waals surface area (Å²) in [7, 11) is 0. The zero-order valence-corrected chi connectivity index (χ0v) is 11.3. The van der Waals surface area contributed by atoms with Gasteiger partial charge < -0.3 is 0 Å². The molecule has 0 aliphatic carbocycles. The van der Waals surface area contributed by atoms with Crippen molar-refractivity contribution in [1.82, 2.24) is 5.43 Å². The maximum absolute atomic E-state index is 13.3. The Morgan fingerprint density at radius 2 is 1.71 bits per heavy atom. The summed E-state index contributed by atoms with van der Waals surface area (Å²) in [6, 6.07) is 8.53. The van der Waals surface area contributed by atoms with E-state index in [0.29, 0.717) is 10.6 Å². The Balaban J connectivity index is 2.49. The molecule has 0 heterocycles. The first-order valence-corrected chi connectivity index (χ1v) is 6.29. The number of hydrogen-bond acceptors (Lipinski definition) is 2. The van der Waals surface area contributed by atoms with E-state index < -0.39 is 23.6 Å². The van der Waals surface area contributed by atoms with Gasteiger partial charge in [0.25, 0.3) is 0 Å². The minimum atomic E-state index is -4.77. The molecule has 0 radical (unpaired) electrons. The molecule has 0 fully saturated rings. The molecule has 0 aromatic heterocycles. The van der Waals surface area contributed by atoms with E-state index in [-0.39, 0.29) is 5.56 Å². The Morgan fingerprint density at radius 3 is 2.29 bits per heavy atom. The average Bonchev–Trinajstić information content (AvgIpc) is 2.40. The summed E-state index contributed by atoms with van der Waals surface area (Å²) in [5, 5.41) is 0.422. The number of hydrazine groups is 1. The molecule has 0 aliphatic rings. The topological polar surface area (TPSA) is 38.0 Å². The average molecular weight is 319 g/mol. The normalized spacial score (nSPS) is 13.2. The molecule has 1 atom stereocenters. The molecule has 0 amide bonds. The number of hydrogen-bond donors (Lipinski definition) is 2. The molecule has 0 saturated heterocycles. The molecule has 0 aliphatic heterocycles. The lowest BCUT2D eigenvalue weighted by molar-refractivity contribution is -0.140. The Kier molecular flexibility index (Phi) is 4.51. The molecule has 2 aromatic carbocycles. The van der Waals surface area contributed by atoms with Crippen LogP contribution in [0.5, 0.6) is 0 Å². The molecule has 0 saturated carbocycles. The highest BCUT2D eigenvalue weighted by Crippen LogP contribution is 2.34. The van der Waals surface area contributed by atoms with Crippen LogP contribution in [0.2, 0.25) is 5.02 Å². The van der Waals surface area contributed by atoms with Gasteiger partial charge in [-0.3, -0.25) is 5.84 Å². The smallest absolute Gasteiger partial charge is 0.271 e. The Hall–Kier alpha value is -1.63. The Labute approximate surface area is 123 Å². The monoisotopic (exact) mass is 318 g/mol. The summed E-state index contributed by atoms with van der Waals surface area (Å²) in [6.07, 6.45) is -4.77. The van der Waals surface area contributed by atoms with Gasteiger partial charge in [-0.1, -0.05) is 29.8 Å². The van der Waals surface area contributed by atoms with Crippen LogP contribution < -0.4 is 11.3 Å². The highest BCUT2D eigenvalue weighted by atomic mass is 35.5. The van der Waals surface area contributed by atoms with E-state index in [0.717, 1.165) is 12.1 Å². The maximum atomic E-state index is 13.3. The van der Waals surface area contributed by atoms with Gasteiger partial charge in [-0.05, 0) is 35.4 Å². The van der Waals surface area contributed by atoms with Gasteiger partial charge >= 0.3 is 6.18 Å². The second-order valence-corrected chi connectivity index (χ2v) is 4.83. The van der Waals surface area contributed by atoms with Crippen LogP contribution in [0.15, 0.2) is 42.5 Å². The molecule has 1 unspecified atom stereocenters. The first-order chi connectivity index (χ1) is 9.82. The van der Waals surface area contributed by atoms with Crippen molar-refractivity contribution in [3.05, 3.63) is 70.0 Å². The van der Waals surface area contributed by atoms with Crippen LogP contribution in [-0.2, 0) is 6.18 Å². The van der Waals surface area contributed by atoms with Gasteiger partial charge in [0, 0.05) is 5.02 Å². The van der Waals surface area contributed by atoms with Crippen LogP contribution in [0, 0.1) is 5.82 Å². The third-order valence-corrected chi connectivity index (χ3v) is 3.21. The number of nitrogens with one attached hydrogen (secondary N) is 1. The van der Waals surface area contributed by atoms with Crippen LogP contribution in [0.1, 0.15) is 22.7 Å². The summed E-state index contributed by atoms with van der Waals surface area (Å²) in [6.45, 7) is 0. The predicted molar refractivity (Wildman–Crippen MR) is 72.0 cm³/mol. The van der Waals surface area contributed by atoms with E-state index in [4.69, 9.17) is 17.4 Å². The van der Waals surface area contributed by atoms with Gasteiger partial charge in [0.2, 0.25) is 0 Å². The summed E-state index contributed by atoms with van der Waals surface area (Å²) >= 11 is 5.85. The molecule has 0 spiro atoms. The fourth-order valence-electron chi connectivity index (χ4n) is 2.01. The molecule has 2 aromatic rings. The van der Waals surface area contributed by atoms with E-state index in [1.807, 2.05) is 0 Å². The van der Waals surface area contributed by atoms with E-state index in [2.05, 4.69) is 5.43 Å². The second kappa shape index (κ2) is 6.01. The first kappa shape index (κ1) is 15.8. The van der Waals surface area contributed by atoms with E-state index >= 15 is 0 Å². The van der Waals surface area contributed by atoms with E-state index in [1.165, 1.54) is 6.07 Å². The van der Waals surface area contributed by atoms with Crippen LogP contribution in [0.3, 0.4) is 0 Å². The molecule has 7 heteroatoms. The van der Waals surface area contributed by atoms with Crippen molar-refractivity contribution in [2.24, 2.45) is 5.84 Å². The van der Waals surface area contributed by atoms with Gasteiger partial charge in [0.1, 0.15) is 5.82 Å². The minimum absolute atomic E-state index is 0.188. The maximum Gasteiger partial charge on any atom is 0.419 e. The number of nitrogens with two attached hydrogens (primary N) is 1. The van der Waals surface area contributed by atoms with Crippen LogP contribution >= 0.6 is 11.6 Å². The lowest BCUT2D eigenvalue weighted by atomic mass is 9.97. The van der Waals surface area contributed by atoms with Crippen molar-refractivity contribution in [3.8, 4) is 0 Å². The van der Waals surface area contributed by atoms with Crippen molar-refractivity contribution in [1.29, 1.82) is 0 Å². The van der Waals surface area contributed by atoms with Crippen molar-refractivity contribution in [2.75, 3.05) is 0 Å². The number of rotatable bonds is 3. The molecular weight excluding hydrogens is 308 g/mol. The number of alkyl halides is 3. The summed E-state index contributed by atoms with van der Waals surface area (Å²) in [5.74, 6) is 4.09. The summed E-state index contributed by atoms with van der Waals surface area (Å²) < 4.78 is 51.6. The zero-order chi connectivity index (χ0) is 15.6. The third kappa shape index (κ3) is 3.53. The first-order valence-electron chi connectivity index (χ1n) is 5.91. The number of halogens is 5. The lowest BCUT2D eigenvalue weighted by Gasteiger charge is -2.19. The largest absolute Gasteiger partial charge is 0.419 e. The van der Waals surface area contributed by atoms with Gasteiger partial charge in [-0.2, -0.15) is 13.2 Å². The molecule has 0 bridgehead atoms. The lowest BCUT2D eigenvalue weighted by Crippen LogP contribution is -2.29. The molecule has 2 rings (SSSR count). The summed E-state index contributed by atoms with van der Waals surface area (Å²) in [5.41, 5.74) is 1.84. The van der Waals surface area contributed by atoms with Gasteiger partial charge in [0.15, 0.2) is 0 Å². The Bertz CT molecular complexity index is 643. The minimum Gasteiger partial charge on any atom is -0.271 e. The van der Waals surface area contributed by atoms with E-state index in [9.17, 15) is 17.6 Å². The quantitative estimate of drug-likeness (QED) is 0.509. The van der Waals surface area contributed by atoms with Gasteiger partial charge in [0.05, 0.1) is 11.6 Å². The van der Waals surface area contributed by atoms with Crippen LogP contribution in [0.4, 0.5) is 17.6 Å². The van der Waals surface area contributed by atoms with Crippen molar-refractivity contribution < 1.29 is 17.6 Å². The number of benzene rings is 2. The highest BCUT2D eigenvalue weighted by Gasteiger charge is 2.34. The molecule has 3 N–H and O–H groups in total. The van der Waals surface area contributed by atoms with E-state index in [1.54, 1.807) is 24.3 Å². The fourth-order valence-corrected chi connectivity index (χ4v) is 2.21. The second-order valence-electron chi connectivity index (χ2n) is 4.39. The fraction of sp³-hybridized carbons (Fsp3) is 0.143. The third-order valence-electron chi connectivity index (χ3n) is 2.98. The molecule has 112 valence electrons. The van der Waals surface area contributed by atoms with Crippen molar-refractivity contribution in [3.63, 3.8) is 0 Å². The van der Waals surface area contributed by atoms with Gasteiger partial charge in [-0.25, -0.2) is 9.82 Å². The standard InChI is InChI=1S/C14H11ClF4N2/c15-10-3-1-2-8(6-10)13(21-20)9-4-5-12(16)11(7-9)14(17,18)19/h1-7,13,21H,20H2. The summed E-state index contributed by atoms with van der Waals surface area (Å²) in [4.78, 5) is 0. The SMILES string of the molecule is NNC(c1cccc(Cl)c1)c1ccc(F)c(C(F)(F)F)c1. The van der Waals surface area contributed by atoms with Crippen LogP contribution in [0.25, 0.3) is 0 Å².